The minimum absolute atomic E-state index is 0.0318. The molecule has 0 fully saturated rings. The molecule has 0 spiro atoms. The predicted octanol–water partition coefficient (Wildman–Crippen LogP) is 5.30. The van der Waals surface area contributed by atoms with Crippen LogP contribution in [-0.2, 0) is 24.1 Å². The number of aliphatic hydroxyl groups is 1. The van der Waals surface area contributed by atoms with Crippen LogP contribution in [0.15, 0.2) is 66.7 Å². The maximum atomic E-state index is 13.9. The fourth-order valence-corrected chi connectivity index (χ4v) is 5.09. The number of benzene rings is 3. The second kappa shape index (κ2) is 12.7. The van der Waals surface area contributed by atoms with Crippen molar-refractivity contribution in [3.63, 3.8) is 0 Å². The molecule has 3 aromatic rings. The SMILES string of the molecule is CC(C)(C)Cc1ccc2c(c1)[C@@H](NC[C@H](O)[C@H](Cc1cc(F)cc(F)c1)NC(=O)Cc1ccccc1)CCO2. The molecule has 0 saturated heterocycles. The molecule has 0 aromatic heterocycles. The highest BCUT2D eigenvalue weighted by Gasteiger charge is 2.27. The first-order chi connectivity index (χ1) is 18.6. The molecule has 0 aliphatic carbocycles. The second-order valence-corrected chi connectivity index (χ2v) is 11.6. The van der Waals surface area contributed by atoms with Crippen molar-refractivity contribution < 1.29 is 23.4 Å². The molecule has 4 rings (SSSR count). The summed E-state index contributed by atoms with van der Waals surface area (Å²) in [6.45, 7) is 7.34. The maximum absolute atomic E-state index is 13.9. The van der Waals surface area contributed by atoms with Gasteiger partial charge in [0.05, 0.1) is 25.2 Å². The smallest absolute Gasteiger partial charge is 0.224 e. The first-order valence-electron chi connectivity index (χ1n) is 13.5. The van der Waals surface area contributed by atoms with Gasteiger partial charge in [-0.05, 0) is 53.1 Å². The summed E-state index contributed by atoms with van der Waals surface area (Å²) in [7, 11) is 0. The highest BCUT2D eigenvalue weighted by atomic mass is 19.1. The number of carbonyl (C=O) groups is 1. The molecule has 5 nitrogen and oxygen atoms in total. The Labute approximate surface area is 229 Å². The summed E-state index contributed by atoms with van der Waals surface area (Å²) in [5, 5.41) is 17.6. The highest BCUT2D eigenvalue weighted by molar-refractivity contribution is 5.79. The van der Waals surface area contributed by atoms with Crippen LogP contribution in [0.5, 0.6) is 5.75 Å². The van der Waals surface area contributed by atoms with Gasteiger partial charge in [0.1, 0.15) is 17.4 Å². The molecular formula is C32H38F2N2O3. The van der Waals surface area contributed by atoms with Crippen LogP contribution in [0.3, 0.4) is 0 Å². The van der Waals surface area contributed by atoms with E-state index in [4.69, 9.17) is 4.74 Å². The van der Waals surface area contributed by atoms with Crippen molar-refractivity contribution in [2.45, 2.75) is 64.6 Å². The van der Waals surface area contributed by atoms with E-state index in [9.17, 15) is 18.7 Å². The fraction of sp³-hybridized carbons (Fsp3) is 0.406. The van der Waals surface area contributed by atoms with Crippen LogP contribution in [-0.4, -0.2) is 36.3 Å². The quantitative estimate of drug-likeness (QED) is 0.329. The number of hydrogen-bond acceptors (Lipinski definition) is 4. The van der Waals surface area contributed by atoms with E-state index in [0.29, 0.717) is 12.2 Å². The van der Waals surface area contributed by atoms with E-state index < -0.39 is 23.8 Å². The highest BCUT2D eigenvalue weighted by Crippen LogP contribution is 2.34. The molecule has 39 heavy (non-hydrogen) atoms. The number of ether oxygens (including phenoxy) is 1. The number of carbonyl (C=O) groups excluding carboxylic acids is 1. The number of fused-ring (bicyclic) bond motifs is 1. The third kappa shape index (κ3) is 8.60. The number of aliphatic hydroxyl groups excluding tert-OH is 1. The Morgan fingerprint density at radius 2 is 1.72 bits per heavy atom. The van der Waals surface area contributed by atoms with Gasteiger partial charge in [-0.1, -0.05) is 63.2 Å². The second-order valence-electron chi connectivity index (χ2n) is 11.6. The topological polar surface area (TPSA) is 70.6 Å². The lowest BCUT2D eigenvalue weighted by Crippen LogP contribution is -2.49. The maximum Gasteiger partial charge on any atom is 0.224 e. The largest absolute Gasteiger partial charge is 0.493 e. The van der Waals surface area contributed by atoms with E-state index in [1.54, 1.807) is 0 Å². The Bertz CT molecular complexity index is 1240. The van der Waals surface area contributed by atoms with Crippen LogP contribution in [0.4, 0.5) is 8.78 Å². The number of hydrogen-bond donors (Lipinski definition) is 3. The van der Waals surface area contributed by atoms with Crippen LogP contribution in [0, 0.1) is 17.0 Å². The average molecular weight is 537 g/mol. The van der Waals surface area contributed by atoms with E-state index >= 15 is 0 Å². The summed E-state index contributed by atoms with van der Waals surface area (Å²) >= 11 is 0. The molecule has 7 heteroatoms. The predicted molar refractivity (Wildman–Crippen MR) is 149 cm³/mol. The van der Waals surface area contributed by atoms with E-state index in [1.807, 2.05) is 36.4 Å². The number of nitrogens with one attached hydrogen (secondary N) is 2. The van der Waals surface area contributed by atoms with Gasteiger partial charge in [0.15, 0.2) is 0 Å². The van der Waals surface area contributed by atoms with Gasteiger partial charge in [-0.2, -0.15) is 0 Å². The Morgan fingerprint density at radius 1 is 1.00 bits per heavy atom. The lowest BCUT2D eigenvalue weighted by molar-refractivity contribution is -0.122. The molecule has 1 heterocycles. The lowest BCUT2D eigenvalue weighted by Gasteiger charge is -2.31. The van der Waals surface area contributed by atoms with Crippen molar-refractivity contribution in [1.29, 1.82) is 0 Å². The van der Waals surface area contributed by atoms with Crippen LogP contribution in [0.25, 0.3) is 0 Å². The third-order valence-electron chi connectivity index (χ3n) is 6.82. The molecule has 0 saturated carbocycles. The van der Waals surface area contributed by atoms with Gasteiger partial charge < -0.3 is 20.5 Å². The molecule has 3 atom stereocenters. The Balaban J connectivity index is 1.47. The van der Waals surface area contributed by atoms with Crippen molar-refractivity contribution in [2.24, 2.45) is 5.41 Å². The van der Waals surface area contributed by atoms with E-state index in [0.717, 1.165) is 35.8 Å². The first kappa shape index (κ1) is 28.7. The van der Waals surface area contributed by atoms with Crippen molar-refractivity contribution in [3.05, 3.63) is 101 Å². The molecule has 1 amide bonds. The standard InChI is InChI=1S/C32H38F2N2O3/c1-32(2,3)19-22-9-10-30-26(15-22)27(11-12-39-30)35-20-29(37)28(16-23-13-24(33)18-25(34)14-23)36-31(38)17-21-7-5-4-6-8-21/h4-10,13-15,18,27-29,35,37H,11-12,16-17,19-20H2,1-3H3,(H,36,38)/t27-,28-,29-/m0/s1. The van der Waals surface area contributed by atoms with Crippen molar-refractivity contribution in [2.75, 3.05) is 13.2 Å². The van der Waals surface area contributed by atoms with Gasteiger partial charge in [0, 0.05) is 30.6 Å². The molecule has 0 radical (unpaired) electrons. The average Bonchev–Trinajstić information content (AvgIpc) is 2.86. The summed E-state index contributed by atoms with van der Waals surface area (Å²) < 4.78 is 33.6. The number of halogens is 2. The molecular weight excluding hydrogens is 498 g/mol. The molecule has 3 aromatic carbocycles. The lowest BCUT2D eigenvalue weighted by atomic mass is 9.86. The van der Waals surface area contributed by atoms with Gasteiger partial charge in [-0.15, -0.1) is 0 Å². The van der Waals surface area contributed by atoms with Crippen molar-refractivity contribution in [3.8, 4) is 5.75 Å². The zero-order valence-corrected chi connectivity index (χ0v) is 22.8. The molecule has 1 aliphatic rings. The van der Waals surface area contributed by atoms with Crippen LogP contribution in [0.2, 0.25) is 0 Å². The van der Waals surface area contributed by atoms with E-state index in [2.05, 4.69) is 43.5 Å². The monoisotopic (exact) mass is 536 g/mol. The summed E-state index contributed by atoms with van der Waals surface area (Å²) in [6.07, 6.45) is 0.880. The first-order valence-corrected chi connectivity index (χ1v) is 13.5. The van der Waals surface area contributed by atoms with E-state index in [-0.39, 0.29) is 36.8 Å². The zero-order valence-electron chi connectivity index (χ0n) is 22.8. The van der Waals surface area contributed by atoms with E-state index in [1.165, 1.54) is 17.7 Å². The van der Waals surface area contributed by atoms with Gasteiger partial charge in [0.25, 0.3) is 0 Å². The Kier molecular flexibility index (Phi) is 9.36. The minimum Gasteiger partial charge on any atom is -0.493 e. The molecule has 3 N–H and O–H groups in total. The van der Waals surface area contributed by atoms with Crippen LogP contribution < -0.4 is 15.4 Å². The van der Waals surface area contributed by atoms with Crippen LogP contribution in [0.1, 0.15) is 55.5 Å². The molecule has 0 bridgehead atoms. The van der Waals surface area contributed by atoms with Gasteiger partial charge in [-0.3, -0.25) is 4.79 Å². The summed E-state index contributed by atoms with van der Waals surface area (Å²) in [4.78, 5) is 12.9. The van der Waals surface area contributed by atoms with Gasteiger partial charge >= 0.3 is 0 Å². The summed E-state index contributed by atoms with van der Waals surface area (Å²) in [6, 6.07) is 18.0. The van der Waals surface area contributed by atoms with Crippen molar-refractivity contribution in [1.82, 2.24) is 10.6 Å². The molecule has 1 aliphatic heterocycles. The third-order valence-corrected chi connectivity index (χ3v) is 6.82. The van der Waals surface area contributed by atoms with Gasteiger partial charge in [-0.25, -0.2) is 8.78 Å². The summed E-state index contributed by atoms with van der Waals surface area (Å²) in [5.41, 5.74) is 3.61. The Hall–Kier alpha value is -3.29. The molecule has 208 valence electrons. The minimum atomic E-state index is -1.000. The number of rotatable bonds is 10. The zero-order chi connectivity index (χ0) is 28.0. The number of amides is 1. The van der Waals surface area contributed by atoms with Crippen molar-refractivity contribution >= 4 is 5.91 Å². The van der Waals surface area contributed by atoms with Crippen LogP contribution >= 0.6 is 0 Å². The van der Waals surface area contributed by atoms with Gasteiger partial charge in [0.2, 0.25) is 5.91 Å². The summed E-state index contributed by atoms with van der Waals surface area (Å²) in [5.74, 6) is -0.840. The Morgan fingerprint density at radius 3 is 2.41 bits per heavy atom. The normalized spacial score (nSPS) is 16.6. The molecule has 0 unspecified atom stereocenters. The fourth-order valence-electron chi connectivity index (χ4n) is 5.09.